The van der Waals surface area contributed by atoms with Crippen LogP contribution in [0.5, 0.6) is 5.75 Å². The van der Waals surface area contributed by atoms with Gasteiger partial charge in [0, 0.05) is 24.8 Å². The number of amides is 1. The molecule has 1 aromatic carbocycles. The summed E-state index contributed by atoms with van der Waals surface area (Å²) in [5, 5.41) is 21.9. The van der Waals surface area contributed by atoms with Crippen molar-refractivity contribution in [3.8, 4) is 17.0 Å². The predicted octanol–water partition coefficient (Wildman–Crippen LogP) is 4.17. The normalized spacial score (nSPS) is 17.3. The number of nitrogens with one attached hydrogen (secondary N) is 1. The first-order valence-electron chi connectivity index (χ1n) is 11.0. The minimum atomic E-state index is -4.58. The van der Waals surface area contributed by atoms with Crippen LogP contribution in [0.4, 0.5) is 23.9 Å². The molecule has 9 nitrogen and oxygen atoms in total. The molecule has 1 unspecified atom stereocenters. The topological polar surface area (TPSA) is 101 Å². The highest BCUT2D eigenvalue weighted by Gasteiger charge is 2.32. The molecule has 1 aliphatic heterocycles. The number of halogens is 3. The molecule has 2 aromatic heterocycles. The third-order valence-corrected chi connectivity index (χ3v) is 5.29. The largest absolute Gasteiger partial charge is 0.507 e. The Kier molecular flexibility index (Phi) is 6.50. The predicted molar refractivity (Wildman–Crippen MR) is 121 cm³/mol. The lowest BCUT2D eigenvalue weighted by molar-refractivity contribution is -0.137. The Balaban J connectivity index is 1.59. The zero-order valence-corrected chi connectivity index (χ0v) is 19.5. The van der Waals surface area contributed by atoms with E-state index in [1.807, 2.05) is 0 Å². The fourth-order valence-corrected chi connectivity index (χ4v) is 3.73. The van der Waals surface area contributed by atoms with Crippen LogP contribution in [0.1, 0.15) is 26.3 Å². The van der Waals surface area contributed by atoms with E-state index in [1.165, 1.54) is 6.07 Å². The van der Waals surface area contributed by atoms with Gasteiger partial charge in [-0.2, -0.15) is 13.2 Å². The number of carbonyl (C=O) groups is 1. The van der Waals surface area contributed by atoms with Crippen LogP contribution >= 0.6 is 0 Å². The highest BCUT2D eigenvalue weighted by Crippen LogP contribution is 2.37. The molecule has 12 heteroatoms. The SMILES string of the molecule is CC(C)(C)OC(=O)N1CCOCC(Nc2nnc(-c3ccc(C(F)(F)F)cc3O)c3cccn23)C1. The van der Waals surface area contributed by atoms with Crippen molar-refractivity contribution in [1.29, 1.82) is 0 Å². The Hall–Kier alpha value is -3.54. The van der Waals surface area contributed by atoms with Gasteiger partial charge in [-0.1, -0.05) is 0 Å². The first-order chi connectivity index (χ1) is 16.4. The monoisotopic (exact) mass is 493 g/mol. The number of hydrogen-bond acceptors (Lipinski definition) is 7. The average molecular weight is 493 g/mol. The van der Waals surface area contributed by atoms with Gasteiger partial charge in [0.05, 0.1) is 30.3 Å². The Morgan fingerprint density at radius 2 is 2.00 bits per heavy atom. The van der Waals surface area contributed by atoms with Crippen LogP contribution in [0, 0.1) is 0 Å². The summed E-state index contributed by atoms with van der Waals surface area (Å²) in [6.45, 7) is 6.74. The summed E-state index contributed by atoms with van der Waals surface area (Å²) in [6, 6.07) is 5.83. The lowest BCUT2D eigenvalue weighted by Gasteiger charge is -2.28. The fraction of sp³-hybridized carbons (Fsp3) is 0.435. The number of benzene rings is 1. The number of carbonyl (C=O) groups excluding carboxylic acids is 1. The molecule has 4 rings (SSSR count). The van der Waals surface area contributed by atoms with E-state index in [0.717, 1.165) is 6.07 Å². The van der Waals surface area contributed by atoms with Crippen molar-refractivity contribution in [3.05, 3.63) is 42.1 Å². The van der Waals surface area contributed by atoms with Gasteiger partial charge in [0.15, 0.2) is 0 Å². The first-order valence-corrected chi connectivity index (χ1v) is 11.0. The van der Waals surface area contributed by atoms with Crippen LogP contribution in [0.3, 0.4) is 0 Å². The van der Waals surface area contributed by atoms with E-state index in [9.17, 15) is 23.1 Å². The van der Waals surface area contributed by atoms with Gasteiger partial charge in [0.25, 0.3) is 0 Å². The molecule has 1 amide bonds. The van der Waals surface area contributed by atoms with Crippen molar-refractivity contribution in [2.75, 3.05) is 31.6 Å². The second-order valence-electron chi connectivity index (χ2n) is 9.21. The minimum absolute atomic E-state index is 0.120. The van der Waals surface area contributed by atoms with E-state index in [-0.39, 0.29) is 17.3 Å². The number of fused-ring (bicyclic) bond motifs is 1. The van der Waals surface area contributed by atoms with Crippen molar-refractivity contribution in [1.82, 2.24) is 19.5 Å². The summed E-state index contributed by atoms with van der Waals surface area (Å²) in [4.78, 5) is 14.1. The fourth-order valence-electron chi connectivity index (χ4n) is 3.73. The number of nitrogens with zero attached hydrogens (tertiary/aromatic N) is 4. The lowest BCUT2D eigenvalue weighted by Crippen LogP contribution is -2.43. The number of aromatic nitrogens is 3. The molecule has 3 heterocycles. The Morgan fingerprint density at radius 1 is 1.23 bits per heavy atom. The number of phenols is 1. The molecule has 188 valence electrons. The number of rotatable bonds is 3. The maximum absolute atomic E-state index is 13.0. The summed E-state index contributed by atoms with van der Waals surface area (Å²) >= 11 is 0. The molecule has 0 spiro atoms. The van der Waals surface area contributed by atoms with Gasteiger partial charge in [-0.15, -0.1) is 10.2 Å². The molecule has 0 radical (unpaired) electrons. The van der Waals surface area contributed by atoms with E-state index in [2.05, 4.69) is 15.5 Å². The Labute approximate surface area is 199 Å². The average Bonchev–Trinajstić information content (AvgIpc) is 3.13. The summed E-state index contributed by atoms with van der Waals surface area (Å²) in [6.07, 6.45) is -3.31. The van der Waals surface area contributed by atoms with Crippen LogP contribution in [0.25, 0.3) is 16.8 Å². The molecule has 1 saturated heterocycles. The highest BCUT2D eigenvalue weighted by atomic mass is 19.4. The maximum Gasteiger partial charge on any atom is 0.416 e. The maximum atomic E-state index is 13.0. The second kappa shape index (κ2) is 9.25. The third-order valence-electron chi connectivity index (χ3n) is 5.29. The van der Waals surface area contributed by atoms with E-state index < -0.39 is 29.2 Å². The number of alkyl halides is 3. The molecule has 35 heavy (non-hydrogen) atoms. The molecule has 0 bridgehead atoms. The van der Waals surface area contributed by atoms with Crippen molar-refractivity contribution >= 4 is 17.6 Å². The molecule has 1 atom stereocenters. The van der Waals surface area contributed by atoms with Crippen molar-refractivity contribution < 1.29 is 32.5 Å². The lowest BCUT2D eigenvalue weighted by atomic mass is 10.1. The van der Waals surface area contributed by atoms with E-state index in [0.29, 0.717) is 43.8 Å². The van der Waals surface area contributed by atoms with Crippen LogP contribution < -0.4 is 5.32 Å². The smallest absolute Gasteiger partial charge is 0.416 e. The van der Waals surface area contributed by atoms with Gasteiger partial charge in [-0.25, -0.2) is 4.79 Å². The van der Waals surface area contributed by atoms with Gasteiger partial charge >= 0.3 is 12.3 Å². The van der Waals surface area contributed by atoms with Gasteiger partial charge in [0.2, 0.25) is 5.95 Å². The van der Waals surface area contributed by atoms with Crippen LogP contribution in [0.2, 0.25) is 0 Å². The van der Waals surface area contributed by atoms with Gasteiger partial charge in [-0.05, 0) is 51.1 Å². The molecule has 0 saturated carbocycles. The standard InChI is InChI=1S/C23H26F3N5O4/c1-22(2,3)35-21(33)30-9-10-34-13-15(12-30)27-20-29-28-19(17-5-4-8-31(17)20)16-7-6-14(11-18(16)32)23(24,25)26/h4-8,11,15,32H,9-10,12-13H2,1-3H3,(H,27,29). The second-order valence-corrected chi connectivity index (χ2v) is 9.21. The third kappa shape index (κ3) is 5.59. The molecular weight excluding hydrogens is 467 g/mol. The highest BCUT2D eigenvalue weighted by molar-refractivity contribution is 5.81. The quantitative estimate of drug-likeness (QED) is 0.565. The number of ether oxygens (including phenoxy) is 2. The molecule has 1 fully saturated rings. The Morgan fingerprint density at radius 3 is 2.69 bits per heavy atom. The van der Waals surface area contributed by atoms with Crippen LogP contribution in [-0.2, 0) is 15.7 Å². The van der Waals surface area contributed by atoms with Crippen molar-refractivity contribution in [2.45, 2.75) is 38.6 Å². The Bertz CT molecular complexity index is 1220. The van der Waals surface area contributed by atoms with Crippen LogP contribution in [0.15, 0.2) is 36.5 Å². The number of hydrogen-bond donors (Lipinski definition) is 2. The zero-order valence-electron chi connectivity index (χ0n) is 19.5. The number of phenolic OH excluding ortho intramolecular Hbond substituents is 1. The van der Waals surface area contributed by atoms with Gasteiger partial charge in [-0.3, -0.25) is 4.40 Å². The van der Waals surface area contributed by atoms with Crippen LogP contribution in [-0.4, -0.2) is 68.6 Å². The molecule has 0 aliphatic carbocycles. The molecule has 1 aliphatic rings. The molecular formula is C23H26F3N5O4. The molecule has 3 aromatic rings. The summed E-state index contributed by atoms with van der Waals surface area (Å²) in [5.74, 6) is -0.206. The number of aromatic hydroxyl groups is 1. The zero-order chi connectivity index (χ0) is 25.4. The van der Waals surface area contributed by atoms with Crippen molar-refractivity contribution in [3.63, 3.8) is 0 Å². The number of anilines is 1. The summed E-state index contributed by atoms with van der Waals surface area (Å²) in [5.41, 5.74) is -0.723. The van der Waals surface area contributed by atoms with Gasteiger partial charge < -0.3 is 24.8 Å². The minimum Gasteiger partial charge on any atom is -0.507 e. The summed E-state index contributed by atoms with van der Waals surface area (Å²) < 4.78 is 51.7. The van der Waals surface area contributed by atoms with E-state index in [1.54, 1.807) is 48.4 Å². The molecule has 2 N–H and O–H groups in total. The summed E-state index contributed by atoms with van der Waals surface area (Å²) in [7, 11) is 0. The van der Waals surface area contributed by atoms with E-state index in [4.69, 9.17) is 9.47 Å². The first kappa shape index (κ1) is 24.6. The van der Waals surface area contributed by atoms with Crippen molar-refractivity contribution in [2.24, 2.45) is 0 Å². The van der Waals surface area contributed by atoms with Gasteiger partial charge in [0.1, 0.15) is 17.0 Å². The van der Waals surface area contributed by atoms with E-state index >= 15 is 0 Å².